The van der Waals surface area contributed by atoms with E-state index in [9.17, 15) is 4.79 Å². The molecule has 0 spiro atoms. The molecule has 1 aliphatic carbocycles. The Kier molecular flexibility index (Phi) is 4.10. The largest absolute Gasteiger partial charge is 0.495 e. The first kappa shape index (κ1) is 15.4. The fourth-order valence-corrected chi connectivity index (χ4v) is 3.99. The second-order valence-electron chi connectivity index (χ2n) is 6.48. The van der Waals surface area contributed by atoms with Gasteiger partial charge in [-0.15, -0.1) is 0 Å². The van der Waals surface area contributed by atoms with E-state index in [1.165, 1.54) is 6.42 Å². The van der Waals surface area contributed by atoms with Gasteiger partial charge in [-0.3, -0.25) is 9.78 Å². The number of amides is 1. The molecule has 1 saturated carbocycles. The van der Waals surface area contributed by atoms with Crippen LogP contribution in [0.1, 0.15) is 36.0 Å². The quantitative estimate of drug-likeness (QED) is 0.851. The van der Waals surface area contributed by atoms with Crippen LogP contribution >= 0.6 is 0 Å². The van der Waals surface area contributed by atoms with E-state index < -0.39 is 0 Å². The molecule has 1 saturated heterocycles. The Hall–Kier alpha value is -2.14. The molecule has 4 rings (SSSR count). The average molecular weight is 326 g/mol. The van der Waals surface area contributed by atoms with Crippen LogP contribution in [0.2, 0.25) is 0 Å². The lowest BCUT2D eigenvalue weighted by Crippen LogP contribution is -2.54. The van der Waals surface area contributed by atoms with Gasteiger partial charge < -0.3 is 14.4 Å². The number of benzene rings is 1. The number of rotatable bonds is 2. The fraction of sp³-hybridized carbons (Fsp3) is 0.474. The van der Waals surface area contributed by atoms with Crippen molar-refractivity contribution in [3.8, 4) is 5.75 Å². The van der Waals surface area contributed by atoms with Gasteiger partial charge in [0.1, 0.15) is 11.3 Å². The third-order valence-corrected chi connectivity index (χ3v) is 5.15. The number of carbonyl (C=O) groups excluding carboxylic acids is 1. The van der Waals surface area contributed by atoms with Crippen molar-refractivity contribution >= 4 is 16.8 Å². The van der Waals surface area contributed by atoms with Gasteiger partial charge in [0.15, 0.2) is 0 Å². The number of fused-ring (bicyclic) bond motifs is 2. The molecule has 2 aliphatic rings. The Morgan fingerprint density at radius 1 is 1.29 bits per heavy atom. The van der Waals surface area contributed by atoms with Gasteiger partial charge in [0.05, 0.1) is 31.4 Å². The first-order chi connectivity index (χ1) is 11.8. The van der Waals surface area contributed by atoms with Crippen LogP contribution in [0.5, 0.6) is 5.75 Å². The van der Waals surface area contributed by atoms with E-state index in [2.05, 4.69) is 4.98 Å². The Morgan fingerprint density at radius 2 is 2.12 bits per heavy atom. The lowest BCUT2D eigenvalue weighted by Gasteiger charge is -2.43. The van der Waals surface area contributed by atoms with E-state index in [0.29, 0.717) is 24.5 Å². The molecule has 1 amide bonds. The number of methoxy groups -OCH3 is 1. The topological polar surface area (TPSA) is 51.7 Å². The van der Waals surface area contributed by atoms with Crippen molar-refractivity contribution in [2.45, 2.75) is 37.8 Å². The Bertz CT molecular complexity index is 759. The number of morpholine rings is 1. The van der Waals surface area contributed by atoms with Crippen molar-refractivity contribution in [2.75, 3.05) is 20.3 Å². The summed E-state index contributed by atoms with van der Waals surface area (Å²) in [6, 6.07) is 7.92. The molecular formula is C19H22N2O3. The van der Waals surface area contributed by atoms with E-state index in [1.54, 1.807) is 13.3 Å². The molecule has 0 bridgehead atoms. The van der Waals surface area contributed by atoms with Crippen molar-refractivity contribution in [2.24, 2.45) is 0 Å². The molecule has 1 aromatic carbocycles. The predicted octanol–water partition coefficient (Wildman–Crippen LogP) is 3.03. The number of hydrogen-bond acceptors (Lipinski definition) is 4. The van der Waals surface area contributed by atoms with E-state index >= 15 is 0 Å². The van der Waals surface area contributed by atoms with Gasteiger partial charge in [0.25, 0.3) is 5.91 Å². The number of aromatic nitrogens is 1. The first-order valence-electron chi connectivity index (χ1n) is 8.64. The fourth-order valence-electron chi connectivity index (χ4n) is 3.99. The molecule has 5 heteroatoms. The van der Waals surface area contributed by atoms with E-state index in [1.807, 2.05) is 29.2 Å². The Labute approximate surface area is 141 Å². The third-order valence-electron chi connectivity index (χ3n) is 5.15. The summed E-state index contributed by atoms with van der Waals surface area (Å²) in [6.07, 6.45) is 6.22. The number of hydrogen-bond donors (Lipinski definition) is 0. The van der Waals surface area contributed by atoms with Gasteiger partial charge in [0.2, 0.25) is 0 Å². The maximum Gasteiger partial charge on any atom is 0.259 e. The van der Waals surface area contributed by atoms with E-state index in [-0.39, 0.29) is 18.1 Å². The highest BCUT2D eigenvalue weighted by molar-refractivity contribution is 6.02. The minimum atomic E-state index is 0.00491. The van der Waals surface area contributed by atoms with E-state index in [0.717, 1.165) is 30.2 Å². The van der Waals surface area contributed by atoms with Crippen LogP contribution in [-0.2, 0) is 4.74 Å². The Balaban J connectivity index is 1.72. The van der Waals surface area contributed by atoms with Gasteiger partial charge in [-0.25, -0.2) is 0 Å². The molecule has 24 heavy (non-hydrogen) atoms. The Morgan fingerprint density at radius 3 is 3.00 bits per heavy atom. The lowest BCUT2D eigenvalue weighted by atomic mass is 9.89. The molecule has 2 atom stereocenters. The molecular weight excluding hydrogens is 304 g/mol. The lowest BCUT2D eigenvalue weighted by molar-refractivity contribution is -0.0753. The minimum absolute atomic E-state index is 0.00491. The zero-order valence-electron chi connectivity index (χ0n) is 13.9. The zero-order chi connectivity index (χ0) is 16.5. The zero-order valence-corrected chi connectivity index (χ0v) is 13.9. The van der Waals surface area contributed by atoms with Crippen molar-refractivity contribution in [3.05, 3.63) is 36.0 Å². The summed E-state index contributed by atoms with van der Waals surface area (Å²) in [5.74, 6) is 0.620. The van der Waals surface area contributed by atoms with Gasteiger partial charge in [-0.05, 0) is 25.0 Å². The number of ether oxygens (including phenoxy) is 2. The highest BCUT2D eigenvalue weighted by Crippen LogP contribution is 2.33. The van der Waals surface area contributed by atoms with Crippen LogP contribution in [0, 0.1) is 0 Å². The predicted molar refractivity (Wildman–Crippen MR) is 91.3 cm³/mol. The maximum atomic E-state index is 13.2. The average Bonchev–Trinajstić information content (AvgIpc) is 2.66. The third kappa shape index (κ3) is 2.53. The molecule has 126 valence electrons. The SMILES string of the molecule is COc1c(C(=O)N2CCO[C@@H]3CCCC[C@H]32)cnc2ccccc12. The normalized spacial score (nSPS) is 23.8. The maximum absolute atomic E-state index is 13.2. The second kappa shape index (κ2) is 6.40. The molecule has 1 aliphatic heterocycles. The van der Waals surface area contributed by atoms with Crippen molar-refractivity contribution in [1.82, 2.24) is 9.88 Å². The highest BCUT2D eigenvalue weighted by atomic mass is 16.5. The molecule has 2 aromatic rings. The first-order valence-corrected chi connectivity index (χ1v) is 8.64. The molecule has 0 unspecified atom stereocenters. The summed E-state index contributed by atoms with van der Waals surface area (Å²) >= 11 is 0. The van der Waals surface area contributed by atoms with Crippen LogP contribution < -0.4 is 4.74 Å². The van der Waals surface area contributed by atoms with Crippen LogP contribution in [0.25, 0.3) is 10.9 Å². The van der Waals surface area contributed by atoms with Crippen LogP contribution in [0.4, 0.5) is 0 Å². The molecule has 0 N–H and O–H groups in total. The smallest absolute Gasteiger partial charge is 0.259 e. The van der Waals surface area contributed by atoms with Gasteiger partial charge in [0, 0.05) is 18.1 Å². The summed E-state index contributed by atoms with van der Waals surface area (Å²) in [4.78, 5) is 19.7. The summed E-state index contributed by atoms with van der Waals surface area (Å²) in [5.41, 5.74) is 1.38. The molecule has 1 aromatic heterocycles. The highest BCUT2D eigenvalue weighted by Gasteiger charge is 2.37. The van der Waals surface area contributed by atoms with E-state index in [4.69, 9.17) is 9.47 Å². The summed E-state index contributed by atoms with van der Waals surface area (Å²) < 4.78 is 11.5. The van der Waals surface area contributed by atoms with Gasteiger partial charge in [-0.1, -0.05) is 25.0 Å². The number of pyridine rings is 1. The molecule has 2 heterocycles. The number of nitrogens with zero attached hydrogens (tertiary/aromatic N) is 2. The summed E-state index contributed by atoms with van der Waals surface area (Å²) in [7, 11) is 1.61. The summed E-state index contributed by atoms with van der Waals surface area (Å²) in [6.45, 7) is 1.24. The van der Waals surface area contributed by atoms with Gasteiger partial charge in [-0.2, -0.15) is 0 Å². The standard InChI is InChI=1S/C19H22N2O3/c1-23-18-13-6-2-3-7-15(13)20-12-14(18)19(22)21-10-11-24-17-9-5-4-8-16(17)21/h2-3,6-7,12,16-17H,4-5,8-11H2,1H3/t16-,17-/m1/s1. The number of para-hydroxylation sites is 1. The van der Waals surface area contributed by atoms with Crippen molar-refractivity contribution in [3.63, 3.8) is 0 Å². The van der Waals surface area contributed by atoms with Crippen molar-refractivity contribution < 1.29 is 14.3 Å². The van der Waals surface area contributed by atoms with Crippen LogP contribution in [0.3, 0.4) is 0 Å². The monoisotopic (exact) mass is 326 g/mol. The second-order valence-corrected chi connectivity index (χ2v) is 6.48. The van der Waals surface area contributed by atoms with Crippen LogP contribution in [-0.4, -0.2) is 48.2 Å². The minimum Gasteiger partial charge on any atom is -0.495 e. The molecule has 0 radical (unpaired) electrons. The number of carbonyl (C=O) groups is 1. The summed E-state index contributed by atoms with van der Waals surface area (Å²) in [5, 5.41) is 0.874. The van der Waals surface area contributed by atoms with Crippen LogP contribution in [0.15, 0.2) is 30.5 Å². The molecule has 2 fully saturated rings. The molecule has 5 nitrogen and oxygen atoms in total. The van der Waals surface area contributed by atoms with Gasteiger partial charge >= 0.3 is 0 Å². The van der Waals surface area contributed by atoms with Crippen molar-refractivity contribution in [1.29, 1.82) is 0 Å².